The van der Waals surface area contributed by atoms with Gasteiger partial charge in [0, 0.05) is 18.2 Å². The average molecular weight is 286 g/mol. The molecule has 0 saturated carbocycles. The number of hydrogen-bond donors (Lipinski definition) is 2. The van der Waals surface area contributed by atoms with Gasteiger partial charge in [-0.3, -0.25) is 4.79 Å². The summed E-state index contributed by atoms with van der Waals surface area (Å²) in [7, 11) is 0. The zero-order valence-corrected chi connectivity index (χ0v) is 12.0. The van der Waals surface area contributed by atoms with Crippen LogP contribution < -0.4 is 10.6 Å². The Kier molecular flexibility index (Phi) is 5.46. The zero-order valence-electron chi connectivity index (χ0n) is 12.0. The maximum absolute atomic E-state index is 13.6. The largest absolute Gasteiger partial charge is 0.351 e. The van der Waals surface area contributed by atoms with Crippen LogP contribution in [0.15, 0.2) is 54.6 Å². The lowest BCUT2D eigenvalue weighted by atomic mass is 10.1. The van der Waals surface area contributed by atoms with Crippen LogP contribution in [0.3, 0.4) is 0 Å². The number of carbonyl (C=O) groups is 1. The minimum Gasteiger partial charge on any atom is -0.351 e. The molecule has 21 heavy (non-hydrogen) atoms. The highest BCUT2D eigenvalue weighted by Gasteiger charge is 2.11. The Morgan fingerprint density at radius 1 is 1.10 bits per heavy atom. The molecule has 1 amide bonds. The van der Waals surface area contributed by atoms with Gasteiger partial charge in [-0.15, -0.1) is 0 Å². The summed E-state index contributed by atoms with van der Waals surface area (Å²) in [4.78, 5) is 11.8. The third-order valence-electron chi connectivity index (χ3n) is 3.27. The van der Waals surface area contributed by atoms with Gasteiger partial charge in [0.15, 0.2) is 0 Å². The standard InChI is InChI=1S/C17H19FN2O/c1-13(15-9-5-6-10-16(15)18)19-12-17(21)20-11-14-7-3-2-4-8-14/h2-10,13,19H,11-12H2,1H3,(H,20,21)/t13-/m1/s1. The second kappa shape index (κ2) is 7.55. The number of carbonyl (C=O) groups excluding carboxylic acids is 1. The fraction of sp³-hybridized carbons (Fsp3) is 0.235. The van der Waals surface area contributed by atoms with Crippen molar-refractivity contribution in [3.8, 4) is 0 Å². The maximum atomic E-state index is 13.6. The van der Waals surface area contributed by atoms with E-state index in [2.05, 4.69) is 10.6 Å². The van der Waals surface area contributed by atoms with Crippen molar-refractivity contribution in [3.63, 3.8) is 0 Å². The number of nitrogens with one attached hydrogen (secondary N) is 2. The van der Waals surface area contributed by atoms with E-state index in [0.717, 1.165) is 5.56 Å². The van der Waals surface area contributed by atoms with Crippen molar-refractivity contribution in [1.82, 2.24) is 10.6 Å². The lowest BCUT2D eigenvalue weighted by Gasteiger charge is -2.14. The monoisotopic (exact) mass is 286 g/mol. The minimum atomic E-state index is -0.262. The number of benzene rings is 2. The molecule has 0 aliphatic rings. The molecule has 0 radical (unpaired) electrons. The van der Waals surface area contributed by atoms with Crippen LogP contribution in [0, 0.1) is 5.82 Å². The molecule has 1 atom stereocenters. The van der Waals surface area contributed by atoms with Gasteiger partial charge in [-0.05, 0) is 18.6 Å². The van der Waals surface area contributed by atoms with Crippen LogP contribution in [-0.2, 0) is 11.3 Å². The van der Waals surface area contributed by atoms with Crippen molar-refractivity contribution in [3.05, 3.63) is 71.5 Å². The van der Waals surface area contributed by atoms with Gasteiger partial charge in [0.25, 0.3) is 0 Å². The van der Waals surface area contributed by atoms with Crippen LogP contribution in [-0.4, -0.2) is 12.5 Å². The smallest absolute Gasteiger partial charge is 0.234 e. The Bertz CT molecular complexity index is 586. The molecule has 2 aromatic rings. The number of amides is 1. The first kappa shape index (κ1) is 15.2. The molecular weight excluding hydrogens is 267 g/mol. The normalized spacial score (nSPS) is 11.9. The molecule has 110 valence electrons. The van der Waals surface area contributed by atoms with E-state index in [1.165, 1.54) is 6.07 Å². The summed E-state index contributed by atoms with van der Waals surface area (Å²) in [6.07, 6.45) is 0. The van der Waals surface area contributed by atoms with E-state index in [0.29, 0.717) is 12.1 Å². The molecule has 0 fully saturated rings. The van der Waals surface area contributed by atoms with E-state index in [1.54, 1.807) is 18.2 Å². The lowest BCUT2D eigenvalue weighted by Crippen LogP contribution is -2.34. The Morgan fingerprint density at radius 3 is 2.48 bits per heavy atom. The maximum Gasteiger partial charge on any atom is 0.234 e. The third kappa shape index (κ3) is 4.68. The molecule has 0 aliphatic carbocycles. The van der Waals surface area contributed by atoms with Crippen molar-refractivity contribution in [2.24, 2.45) is 0 Å². The lowest BCUT2D eigenvalue weighted by molar-refractivity contribution is -0.120. The Morgan fingerprint density at radius 2 is 1.76 bits per heavy atom. The second-order valence-corrected chi connectivity index (χ2v) is 4.89. The molecule has 2 N–H and O–H groups in total. The summed E-state index contributed by atoms with van der Waals surface area (Å²) < 4.78 is 13.6. The van der Waals surface area contributed by atoms with Crippen molar-refractivity contribution in [2.75, 3.05) is 6.54 Å². The predicted octanol–water partition coefficient (Wildman–Crippen LogP) is 2.79. The van der Waals surface area contributed by atoms with Gasteiger partial charge in [0.2, 0.25) is 5.91 Å². The van der Waals surface area contributed by atoms with Gasteiger partial charge in [0.1, 0.15) is 5.82 Å². The first-order valence-electron chi connectivity index (χ1n) is 6.95. The first-order valence-corrected chi connectivity index (χ1v) is 6.95. The molecule has 0 saturated heterocycles. The molecule has 0 bridgehead atoms. The molecule has 3 nitrogen and oxygen atoms in total. The van der Waals surface area contributed by atoms with E-state index in [-0.39, 0.29) is 24.3 Å². The van der Waals surface area contributed by atoms with E-state index < -0.39 is 0 Å². The predicted molar refractivity (Wildman–Crippen MR) is 81.1 cm³/mol. The zero-order chi connectivity index (χ0) is 15.1. The molecule has 0 unspecified atom stereocenters. The fourth-order valence-electron chi connectivity index (χ4n) is 2.04. The quantitative estimate of drug-likeness (QED) is 0.857. The Balaban J connectivity index is 1.77. The molecular formula is C17H19FN2O. The Hall–Kier alpha value is -2.20. The molecule has 0 spiro atoms. The van der Waals surface area contributed by atoms with Gasteiger partial charge < -0.3 is 10.6 Å². The van der Waals surface area contributed by atoms with Crippen LogP contribution in [0.2, 0.25) is 0 Å². The van der Waals surface area contributed by atoms with Crippen molar-refractivity contribution >= 4 is 5.91 Å². The summed E-state index contributed by atoms with van der Waals surface area (Å²) in [5.41, 5.74) is 1.61. The van der Waals surface area contributed by atoms with Crippen LogP contribution in [0.25, 0.3) is 0 Å². The summed E-state index contributed by atoms with van der Waals surface area (Å²) in [5.74, 6) is -0.371. The van der Waals surface area contributed by atoms with Gasteiger partial charge in [-0.2, -0.15) is 0 Å². The van der Waals surface area contributed by atoms with Crippen LogP contribution >= 0.6 is 0 Å². The molecule has 2 aromatic carbocycles. The highest BCUT2D eigenvalue weighted by Crippen LogP contribution is 2.15. The third-order valence-corrected chi connectivity index (χ3v) is 3.27. The topological polar surface area (TPSA) is 41.1 Å². The number of rotatable bonds is 6. The SMILES string of the molecule is C[C@@H](NCC(=O)NCc1ccccc1)c1ccccc1F. The van der Waals surface area contributed by atoms with Crippen LogP contribution in [0.5, 0.6) is 0 Å². The minimum absolute atomic E-state index is 0.109. The summed E-state index contributed by atoms with van der Waals surface area (Å²) in [6, 6.07) is 16.1. The van der Waals surface area contributed by atoms with Crippen molar-refractivity contribution in [2.45, 2.75) is 19.5 Å². The summed E-state index contributed by atoms with van der Waals surface area (Å²) in [6.45, 7) is 2.49. The number of hydrogen-bond acceptors (Lipinski definition) is 2. The van der Waals surface area contributed by atoms with Gasteiger partial charge in [-0.1, -0.05) is 48.5 Å². The van der Waals surface area contributed by atoms with E-state index in [9.17, 15) is 9.18 Å². The van der Waals surface area contributed by atoms with E-state index in [1.807, 2.05) is 37.3 Å². The van der Waals surface area contributed by atoms with Crippen molar-refractivity contribution in [1.29, 1.82) is 0 Å². The molecule has 4 heteroatoms. The van der Waals surface area contributed by atoms with Crippen molar-refractivity contribution < 1.29 is 9.18 Å². The second-order valence-electron chi connectivity index (χ2n) is 4.89. The van der Waals surface area contributed by atoms with E-state index in [4.69, 9.17) is 0 Å². The summed E-state index contributed by atoms with van der Waals surface area (Å²) in [5, 5.41) is 5.85. The molecule has 0 aliphatic heterocycles. The van der Waals surface area contributed by atoms with Gasteiger partial charge in [0.05, 0.1) is 6.54 Å². The van der Waals surface area contributed by atoms with E-state index >= 15 is 0 Å². The first-order chi connectivity index (χ1) is 10.2. The van der Waals surface area contributed by atoms with Gasteiger partial charge >= 0.3 is 0 Å². The summed E-state index contributed by atoms with van der Waals surface area (Å²) >= 11 is 0. The molecule has 0 aromatic heterocycles. The molecule has 2 rings (SSSR count). The van der Waals surface area contributed by atoms with Crippen LogP contribution in [0.1, 0.15) is 24.1 Å². The highest BCUT2D eigenvalue weighted by molar-refractivity contribution is 5.78. The fourth-order valence-corrected chi connectivity index (χ4v) is 2.04. The average Bonchev–Trinajstić information content (AvgIpc) is 2.52. The Labute approximate surface area is 124 Å². The van der Waals surface area contributed by atoms with Crippen LogP contribution in [0.4, 0.5) is 4.39 Å². The molecule has 0 heterocycles. The highest BCUT2D eigenvalue weighted by atomic mass is 19.1. The number of halogens is 1. The van der Waals surface area contributed by atoms with Gasteiger partial charge in [-0.25, -0.2) is 4.39 Å².